The Kier molecular flexibility index (Phi) is 4.90. The molecule has 1 nitrogen and oxygen atoms in total. The highest BCUT2D eigenvalue weighted by Gasteiger charge is 2.16. The van der Waals surface area contributed by atoms with Crippen LogP contribution in [-0.4, -0.2) is 0 Å². The highest BCUT2D eigenvalue weighted by Crippen LogP contribution is 2.33. The molecule has 2 aromatic carbocycles. The van der Waals surface area contributed by atoms with Gasteiger partial charge >= 0.3 is 0 Å². The first-order valence-corrected chi connectivity index (χ1v) is 6.64. The van der Waals surface area contributed by atoms with Gasteiger partial charge in [-0.3, -0.25) is 0 Å². The molecule has 3 N–H and O–H groups in total. The zero-order valence-corrected chi connectivity index (χ0v) is 12.7. The molecule has 2 aromatic rings. The van der Waals surface area contributed by atoms with Crippen LogP contribution in [0.1, 0.15) is 46.2 Å². The van der Waals surface area contributed by atoms with E-state index < -0.39 is 0 Å². The van der Waals surface area contributed by atoms with E-state index in [1.54, 1.807) is 0 Å². The minimum absolute atomic E-state index is 0. The van der Waals surface area contributed by atoms with Gasteiger partial charge < -0.3 is 6.15 Å². The predicted octanol–water partition coefficient (Wildman–Crippen LogP) is 5.23. The van der Waals surface area contributed by atoms with Crippen LogP contribution in [0.2, 0.25) is 0 Å². The van der Waals surface area contributed by atoms with E-state index in [1.165, 1.54) is 33.4 Å². The molecule has 0 aromatic heterocycles. The van der Waals surface area contributed by atoms with Crippen LogP contribution in [0, 0.1) is 27.7 Å². The molecular formula is C18H25N. The summed E-state index contributed by atoms with van der Waals surface area (Å²) in [7, 11) is 0. The van der Waals surface area contributed by atoms with Crippen molar-refractivity contribution in [1.82, 2.24) is 6.15 Å². The van der Waals surface area contributed by atoms with E-state index in [0.717, 1.165) is 0 Å². The number of rotatable bonds is 2. The summed E-state index contributed by atoms with van der Waals surface area (Å²) in [5, 5.41) is 0. The van der Waals surface area contributed by atoms with Crippen molar-refractivity contribution in [2.24, 2.45) is 0 Å². The molecule has 19 heavy (non-hydrogen) atoms. The van der Waals surface area contributed by atoms with Gasteiger partial charge in [-0.25, -0.2) is 0 Å². The van der Waals surface area contributed by atoms with E-state index in [2.05, 4.69) is 71.0 Å². The molecule has 0 saturated heterocycles. The average Bonchev–Trinajstić information content (AvgIpc) is 2.28. The highest BCUT2D eigenvalue weighted by atomic mass is 14.2. The van der Waals surface area contributed by atoms with Crippen molar-refractivity contribution in [2.75, 3.05) is 0 Å². The summed E-state index contributed by atoms with van der Waals surface area (Å²) in [6.45, 7) is 11.2. The molecule has 0 aliphatic carbocycles. The quantitative estimate of drug-likeness (QED) is 0.783. The van der Waals surface area contributed by atoms with Gasteiger partial charge in [0.15, 0.2) is 0 Å². The van der Waals surface area contributed by atoms with Gasteiger partial charge in [-0.15, -0.1) is 0 Å². The second-order valence-corrected chi connectivity index (χ2v) is 5.33. The van der Waals surface area contributed by atoms with Gasteiger partial charge in [-0.05, 0) is 61.1 Å². The van der Waals surface area contributed by atoms with Gasteiger partial charge in [-0.2, -0.15) is 0 Å². The van der Waals surface area contributed by atoms with E-state index in [-0.39, 0.29) is 6.15 Å². The third kappa shape index (κ3) is 2.87. The van der Waals surface area contributed by atoms with Crippen molar-refractivity contribution in [3.63, 3.8) is 0 Å². The monoisotopic (exact) mass is 255 g/mol. The molecule has 0 atom stereocenters. The first kappa shape index (κ1) is 15.5. The van der Waals surface area contributed by atoms with Crippen LogP contribution < -0.4 is 6.15 Å². The Bertz CT molecular complexity index is 478. The molecule has 2 rings (SSSR count). The zero-order chi connectivity index (χ0) is 13.3. The van der Waals surface area contributed by atoms with Gasteiger partial charge in [0.05, 0.1) is 0 Å². The summed E-state index contributed by atoms with van der Waals surface area (Å²) in [4.78, 5) is 0. The number of hydrogen-bond donors (Lipinski definition) is 1. The largest absolute Gasteiger partial charge is 0.344 e. The summed E-state index contributed by atoms with van der Waals surface area (Å²) in [6, 6.07) is 13.1. The Balaban J connectivity index is 0.00000180. The molecule has 102 valence electrons. The Morgan fingerprint density at radius 3 is 1.16 bits per heavy atom. The van der Waals surface area contributed by atoms with E-state index in [9.17, 15) is 0 Å². The fourth-order valence-electron chi connectivity index (χ4n) is 3.17. The van der Waals surface area contributed by atoms with Crippen molar-refractivity contribution >= 4 is 0 Å². The molecule has 1 heteroatoms. The minimum atomic E-state index is 0. The Morgan fingerprint density at radius 2 is 0.895 bits per heavy atom. The molecule has 0 heterocycles. The number of benzene rings is 2. The number of hydrogen-bond acceptors (Lipinski definition) is 1. The molecule has 0 bridgehead atoms. The summed E-state index contributed by atoms with van der Waals surface area (Å²) in [5.74, 6) is 0.465. The fraction of sp³-hybridized carbons (Fsp3) is 0.333. The lowest BCUT2D eigenvalue weighted by Gasteiger charge is -2.21. The van der Waals surface area contributed by atoms with E-state index in [1.807, 2.05) is 0 Å². The van der Waals surface area contributed by atoms with Gasteiger partial charge in [-0.1, -0.05) is 43.3 Å². The second-order valence-electron chi connectivity index (χ2n) is 5.33. The molecule has 0 amide bonds. The summed E-state index contributed by atoms with van der Waals surface area (Å²) >= 11 is 0. The molecule has 0 aliphatic rings. The first-order chi connectivity index (χ1) is 8.52. The summed E-state index contributed by atoms with van der Waals surface area (Å²) in [6.07, 6.45) is 0. The molecular weight excluding hydrogens is 230 g/mol. The van der Waals surface area contributed by atoms with Gasteiger partial charge in [0.25, 0.3) is 0 Å². The molecule has 0 fully saturated rings. The molecule has 0 unspecified atom stereocenters. The van der Waals surface area contributed by atoms with Crippen LogP contribution >= 0.6 is 0 Å². The summed E-state index contributed by atoms with van der Waals surface area (Å²) < 4.78 is 0. The lowest BCUT2D eigenvalue weighted by atomic mass is 9.83. The first-order valence-electron chi connectivity index (χ1n) is 6.64. The minimum Gasteiger partial charge on any atom is -0.344 e. The van der Waals surface area contributed by atoms with Crippen LogP contribution in [0.4, 0.5) is 0 Å². The van der Waals surface area contributed by atoms with E-state index in [4.69, 9.17) is 0 Å². The van der Waals surface area contributed by atoms with Crippen LogP contribution in [0.3, 0.4) is 0 Å². The Hall–Kier alpha value is -1.60. The van der Waals surface area contributed by atoms with Gasteiger partial charge in [0, 0.05) is 5.92 Å². The Morgan fingerprint density at radius 1 is 0.632 bits per heavy atom. The van der Waals surface area contributed by atoms with Crippen molar-refractivity contribution in [3.8, 4) is 0 Å². The van der Waals surface area contributed by atoms with Crippen molar-refractivity contribution in [1.29, 1.82) is 0 Å². The summed E-state index contributed by atoms with van der Waals surface area (Å²) in [5.41, 5.74) is 8.54. The molecule has 0 aliphatic heterocycles. The van der Waals surface area contributed by atoms with Crippen LogP contribution in [0.15, 0.2) is 36.4 Å². The van der Waals surface area contributed by atoms with Crippen LogP contribution in [0.5, 0.6) is 0 Å². The molecule has 0 radical (unpaired) electrons. The van der Waals surface area contributed by atoms with Crippen LogP contribution in [0.25, 0.3) is 0 Å². The zero-order valence-electron chi connectivity index (χ0n) is 12.7. The van der Waals surface area contributed by atoms with E-state index >= 15 is 0 Å². The lowest BCUT2D eigenvalue weighted by Crippen LogP contribution is -2.05. The normalized spacial score (nSPS) is 10.4. The lowest BCUT2D eigenvalue weighted by molar-refractivity contribution is 0.876. The van der Waals surface area contributed by atoms with Crippen molar-refractivity contribution < 1.29 is 0 Å². The van der Waals surface area contributed by atoms with Crippen molar-refractivity contribution in [2.45, 2.75) is 40.5 Å². The SMILES string of the molecule is Cc1cccc(C)c1C(C)c1c(C)cccc1C.N. The van der Waals surface area contributed by atoms with Crippen molar-refractivity contribution in [3.05, 3.63) is 69.8 Å². The van der Waals surface area contributed by atoms with Gasteiger partial charge in [0.1, 0.15) is 0 Å². The second kappa shape index (κ2) is 6.03. The molecule has 0 saturated carbocycles. The maximum atomic E-state index is 2.32. The van der Waals surface area contributed by atoms with E-state index in [0.29, 0.717) is 5.92 Å². The third-order valence-corrected chi connectivity index (χ3v) is 3.95. The molecule has 0 spiro atoms. The average molecular weight is 255 g/mol. The fourth-order valence-corrected chi connectivity index (χ4v) is 3.17. The topological polar surface area (TPSA) is 35.0 Å². The highest BCUT2D eigenvalue weighted by molar-refractivity contribution is 5.46. The third-order valence-electron chi connectivity index (χ3n) is 3.95. The number of aryl methyl sites for hydroxylation is 4. The maximum absolute atomic E-state index is 2.32. The standard InChI is InChI=1S/C18H22.H3N/c1-12-8-6-9-13(2)17(12)16(5)18-14(3)10-7-11-15(18)4;/h6-11,16H,1-5H3;1H3. The maximum Gasteiger partial charge on any atom is 0.00714 e. The Labute approximate surface area is 117 Å². The van der Waals surface area contributed by atoms with Crippen LogP contribution in [-0.2, 0) is 0 Å². The predicted molar refractivity (Wildman–Crippen MR) is 84.4 cm³/mol. The smallest absolute Gasteiger partial charge is 0.00714 e. The van der Waals surface area contributed by atoms with Gasteiger partial charge in [0.2, 0.25) is 0 Å².